The predicted molar refractivity (Wildman–Crippen MR) is 77.8 cm³/mol. The molecule has 1 aliphatic rings. The van der Waals surface area contributed by atoms with Crippen molar-refractivity contribution in [2.75, 3.05) is 0 Å². The number of benzene rings is 1. The molecule has 2 nitrogen and oxygen atoms in total. The van der Waals surface area contributed by atoms with E-state index in [1.165, 1.54) is 9.75 Å². The van der Waals surface area contributed by atoms with Crippen molar-refractivity contribution in [3.63, 3.8) is 0 Å². The number of hydrogen-bond donors (Lipinski definition) is 1. The largest absolute Gasteiger partial charge is 0.484 e. The summed E-state index contributed by atoms with van der Waals surface area (Å²) in [6.45, 7) is 4.19. The van der Waals surface area contributed by atoms with Crippen molar-refractivity contribution in [2.45, 2.75) is 38.9 Å². The lowest BCUT2D eigenvalue weighted by Gasteiger charge is -2.29. The van der Waals surface area contributed by atoms with Crippen LogP contribution in [0.4, 0.5) is 0 Å². The van der Waals surface area contributed by atoms with Gasteiger partial charge in [-0.15, -0.1) is 11.3 Å². The van der Waals surface area contributed by atoms with Crippen LogP contribution in [-0.2, 0) is 6.42 Å². The minimum absolute atomic E-state index is 0.0180. The third kappa shape index (κ3) is 2.40. The smallest absolute Gasteiger partial charge is 0.136 e. The zero-order valence-corrected chi connectivity index (χ0v) is 12.0. The molecule has 0 radical (unpaired) electrons. The van der Waals surface area contributed by atoms with Crippen molar-refractivity contribution in [1.29, 1.82) is 0 Å². The van der Waals surface area contributed by atoms with Crippen LogP contribution in [0.25, 0.3) is 0 Å². The average Bonchev–Trinajstić information content (AvgIpc) is 2.88. The van der Waals surface area contributed by atoms with Crippen molar-refractivity contribution < 1.29 is 9.84 Å². The molecule has 19 heavy (non-hydrogen) atoms. The third-order valence-electron chi connectivity index (χ3n) is 3.58. The Kier molecular flexibility index (Phi) is 3.33. The number of thiophene rings is 1. The minimum Gasteiger partial charge on any atom is -0.484 e. The maximum Gasteiger partial charge on any atom is 0.136 e. The normalized spacial score (nSPS) is 21.8. The molecule has 100 valence electrons. The third-order valence-corrected chi connectivity index (χ3v) is 4.90. The molecule has 0 bridgehead atoms. The Morgan fingerprint density at radius 3 is 2.89 bits per heavy atom. The highest BCUT2D eigenvalue weighted by Gasteiger charge is 2.28. The lowest BCUT2D eigenvalue weighted by atomic mass is 9.97. The second kappa shape index (κ2) is 4.99. The Hall–Kier alpha value is -1.32. The molecule has 2 heterocycles. The highest BCUT2D eigenvalue weighted by Crippen LogP contribution is 2.42. The molecule has 1 aliphatic heterocycles. The van der Waals surface area contributed by atoms with Gasteiger partial charge in [0.05, 0.1) is 6.10 Å². The topological polar surface area (TPSA) is 29.5 Å². The van der Waals surface area contributed by atoms with Gasteiger partial charge in [-0.2, -0.15) is 0 Å². The second-order valence-corrected chi connectivity index (χ2v) is 6.26. The van der Waals surface area contributed by atoms with Gasteiger partial charge in [-0.25, -0.2) is 0 Å². The van der Waals surface area contributed by atoms with Crippen LogP contribution in [0.15, 0.2) is 30.3 Å². The van der Waals surface area contributed by atoms with Gasteiger partial charge < -0.3 is 9.84 Å². The van der Waals surface area contributed by atoms with Crippen molar-refractivity contribution in [1.82, 2.24) is 0 Å². The molecule has 3 rings (SSSR count). The molecule has 0 spiro atoms. The van der Waals surface area contributed by atoms with Gasteiger partial charge in [-0.3, -0.25) is 0 Å². The summed E-state index contributed by atoms with van der Waals surface area (Å²) >= 11 is 1.78. The van der Waals surface area contributed by atoms with Crippen LogP contribution in [0.3, 0.4) is 0 Å². The summed E-state index contributed by atoms with van der Waals surface area (Å²) in [5.41, 5.74) is 2.08. The molecular weight excluding hydrogens is 256 g/mol. The first-order valence-corrected chi connectivity index (χ1v) is 7.53. The minimum atomic E-state index is -0.430. The summed E-state index contributed by atoms with van der Waals surface area (Å²) in [6.07, 6.45) is 1.24. The van der Waals surface area contributed by atoms with E-state index in [1.54, 1.807) is 11.3 Å². The van der Waals surface area contributed by atoms with Gasteiger partial charge in [0.15, 0.2) is 0 Å². The lowest BCUT2D eigenvalue weighted by Crippen LogP contribution is -2.18. The van der Waals surface area contributed by atoms with Crippen molar-refractivity contribution in [3.8, 4) is 5.75 Å². The van der Waals surface area contributed by atoms with Gasteiger partial charge in [0.1, 0.15) is 11.9 Å². The van der Waals surface area contributed by atoms with E-state index in [1.807, 2.05) is 25.1 Å². The summed E-state index contributed by atoms with van der Waals surface area (Å²) in [7, 11) is 0. The van der Waals surface area contributed by atoms with E-state index < -0.39 is 6.10 Å². The van der Waals surface area contributed by atoms with Crippen LogP contribution in [0.2, 0.25) is 0 Å². The molecule has 1 unspecified atom stereocenters. The van der Waals surface area contributed by atoms with E-state index in [0.29, 0.717) is 6.42 Å². The van der Waals surface area contributed by atoms with E-state index >= 15 is 0 Å². The van der Waals surface area contributed by atoms with Gasteiger partial charge in [0.25, 0.3) is 0 Å². The van der Waals surface area contributed by atoms with Crippen LogP contribution < -0.4 is 4.74 Å². The van der Waals surface area contributed by atoms with Crippen LogP contribution in [0.5, 0.6) is 5.75 Å². The highest BCUT2D eigenvalue weighted by molar-refractivity contribution is 7.12. The van der Waals surface area contributed by atoms with Gasteiger partial charge in [0.2, 0.25) is 0 Å². The average molecular weight is 274 g/mol. The summed E-state index contributed by atoms with van der Waals surface area (Å²) in [4.78, 5) is 2.57. The summed E-state index contributed by atoms with van der Waals surface area (Å²) in [5, 5.41) is 10.3. The number of ether oxygens (including phenoxy) is 1. The maximum absolute atomic E-state index is 10.3. The SMILES string of the molecule is CCc1ccc(C2C[C@H](O)c3cc(C)ccc3O2)s1. The fourth-order valence-corrected chi connectivity index (χ4v) is 3.49. The van der Waals surface area contributed by atoms with E-state index in [2.05, 4.69) is 19.1 Å². The highest BCUT2D eigenvalue weighted by atomic mass is 32.1. The molecule has 0 saturated carbocycles. The van der Waals surface area contributed by atoms with Crippen LogP contribution in [0, 0.1) is 6.92 Å². The van der Waals surface area contributed by atoms with Crippen LogP contribution >= 0.6 is 11.3 Å². The Balaban J connectivity index is 1.90. The van der Waals surface area contributed by atoms with Crippen molar-refractivity contribution in [3.05, 3.63) is 51.2 Å². The number of hydrogen-bond acceptors (Lipinski definition) is 3. The zero-order chi connectivity index (χ0) is 13.4. The first-order valence-electron chi connectivity index (χ1n) is 6.71. The Bertz CT molecular complexity index is 588. The number of aliphatic hydroxyl groups is 1. The number of rotatable bonds is 2. The molecule has 3 heteroatoms. The number of fused-ring (bicyclic) bond motifs is 1. The Morgan fingerprint density at radius 1 is 1.32 bits per heavy atom. The van der Waals surface area contributed by atoms with E-state index in [0.717, 1.165) is 23.3 Å². The summed E-state index contributed by atoms with van der Waals surface area (Å²) < 4.78 is 6.05. The molecule has 1 N–H and O–H groups in total. The molecule has 2 aromatic rings. The summed E-state index contributed by atoms with van der Waals surface area (Å²) in [6, 6.07) is 10.3. The van der Waals surface area contributed by atoms with E-state index in [4.69, 9.17) is 4.74 Å². The van der Waals surface area contributed by atoms with Gasteiger partial charge >= 0.3 is 0 Å². The molecule has 1 aromatic carbocycles. The molecule has 0 saturated heterocycles. The second-order valence-electron chi connectivity index (χ2n) is 5.06. The zero-order valence-electron chi connectivity index (χ0n) is 11.2. The standard InChI is InChI=1S/C16H18O2S/c1-3-11-5-7-16(19-11)15-9-13(17)12-8-10(2)4-6-14(12)18-15/h4-8,13,15,17H,3,9H2,1-2H3/t13-,15?/m0/s1. The Labute approximate surface area is 117 Å². The summed E-state index contributed by atoms with van der Waals surface area (Å²) in [5.74, 6) is 0.820. The quantitative estimate of drug-likeness (QED) is 0.890. The van der Waals surface area contributed by atoms with Crippen LogP contribution in [-0.4, -0.2) is 5.11 Å². The molecule has 0 aliphatic carbocycles. The molecule has 1 aromatic heterocycles. The van der Waals surface area contributed by atoms with E-state index in [-0.39, 0.29) is 6.10 Å². The van der Waals surface area contributed by atoms with Gasteiger partial charge in [-0.05, 0) is 37.6 Å². The Morgan fingerprint density at radius 2 is 2.16 bits per heavy atom. The van der Waals surface area contributed by atoms with Crippen molar-refractivity contribution >= 4 is 11.3 Å². The fraction of sp³-hybridized carbons (Fsp3) is 0.375. The van der Waals surface area contributed by atoms with Gasteiger partial charge in [-0.1, -0.05) is 18.6 Å². The maximum atomic E-state index is 10.3. The number of aryl methyl sites for hydroxylation is 2. The monoisotopic (exact) mass is 274 g/mol. The first-order chi connectivity index (χ1) is 9.17. The lowest BCUT2D eigenvalue weighted by molar-refractivity contribution is 0.0674. The number of aliphatic hydroxyl groups excluding tert-OH is 1. The molecular formula is C16H18O2S. The predicted octanol–water partition coefficient (Wildman–Crippen LogP) is 4.18. The molecule has 0 fully saturated rings. The first kappa shape index (κ1) is 12.7. The van der Waals surface area contributed by atoms with Crippen LogP contribution in [0.1, 0.15) is 46.4 Å². The van der Waals surface area contributed by atoms with Gasteiger partial charge in [0, 0.05) is 21.7 Å². The van der Waals surface area contributed by atoms with E-state index in [9.17, 15) is 5.11 Å². The fourth-order valence-electron chi connectivity index (χ4n) is 2.50. The molecule has 0 amide bonds. The van der Waals surface area contributed by atoms with Crippen molar-refractivity contribution in [2.24, 2.45) is 0 Å². The molecule has 2 atom stereocenters.